The van der Waals surface area contributed by atoms with Crippen LogP contribution in [0.4, 0.5) is 0 Å². The molecule has 0 fully saturated rings. The summed E-state index contributed by atoms with van der Waals surface area (Å²) in [7, 11) is 0. The molecule has 0 radical (unpaired) electrons. The summed E-state index contributed by atoms with van der Waals surface area (Å²) in [5.41, 5.74) is -1.84. The minimum Gasteiger partial charge on any atom is -0.388 e. The lowest BCUT2D eigenvalue weighted by atomic mass is 9.80. The number of carbonyl (C=O) groups excluding carboxylic acids is 2. The number of carbonyl (C=O) groups is 2. The van der Waals surface area contributed by atoms with Gasteiger partial charge in [0.1, 0.15) is 6.04 Å². The van der Waals surface area contributed by atoms with E-state index in [0.29, 0.717) is 0 Å². The molecule has 88 valence electrons. The molecule has 4 heteroatoms. The third kappa shape index (κ3) is 4.42. The van der Waals surface area contributed by atoms with Crippen LogP contribution in [-0.4, -0.2) is 28.4 Å². The number of aliphatic hydroxyl groups is 1. The SMILES string of the molecule is CC(=O)N[C@H](C(=O)C(C)(C)C)C(C)(C)O. The Morgan fingerprint density at radius 2 is 1.53 bits per heavy atom. The third-order valence-corrected chi connectivity index (χ3v) is 2.06. The predicted molar refractivity (Wildman–Crippen MR) is 58.4 cm³/mol. The van der Waals surface area contributed by atoms with Gasteiger partial charge in [-0.25, -0.2) is 0 Å². The van der Waals surface area contributed by atoms with Crippen LogP contribution in [0.5, 0.6) is 0 Å². The summed E-state index contributed by atoms with van der Waals surface area (Å²) >= 11 is 0. The van der Waals surface area contributed by atoms with E-state index in [1.165, 1.54) is 20.8 Å². The first kappa shape index (κ1) is 14.1. The van der Waals surface area contributed by atoms with Gasteiger partial charge in [-0.1, -0.05) is 20.8 Å². The summed E-state index contributed by atoms with van der Waals surface area (Å²) in [4.78, 5) is 22.9. The number of rotatable bonds is 3. The van der Waals surface area contributed by atoms with E-state index in [-0.39, 0.29) is 11.7 Å². The van der Waals surface area contributed by atoms with Crippen LogP contribution in [0.15, 0.2) is 0 Å². The molecule has 0 spiro atoms. The third-order valence-electron chi connectivity index (χ3n) is 2.06. The molecule has 0 bridgehead atoms. The van der Waals surface area contributed by atoms with Crippen molar-refractivity contribution in [2.45, 2.75) is 53.2 Å². The van der Waals surface area contributed by atoms with E-state index in [1.54, 1.807) is 20.8 Å². The van der Waals surface area contributed by atoms with Gasteiger partial charge in [-0.3, -0.25) is 9.59 Å². The highest BCUT2D eigenvalue weighted by atomic mass is 16.3. The van der Waals surface area contributed by atoms with Crippen LogP contribution in [0.25, 0.3) is 0 Å². The van der Waals surface area contributed by atoms with Gasteiger partial charge in [0, 0.05) is 12.3 Å². The Kier molecular flexibility index (Phi) is 4.05. The second kappa shape index (κ2) is 4.31. The Bertz CT molecular complexity index is 258. The lowest BCUT2D eigenvalue weighted by Gasteiger charge is -2.33. The molecule has 0 aliphatic carbocycles. The first-order valence-corrected chi connectivity index (χ1v) is 5.00. The monoisotopic (exact) mass is 215 g/mol. The number of ketones is 1. The summed E-state index contributed by atoms with van der Waals surface area (Å²) in [6.45, 7) is 9.63. The van der Waals surface area contributed by atoms with Crippen LogP contribution in [0.3, 0.4) is 0 Å². The van der Waals surface area contributed by atoms with Crippen molar-refractivity contribution in [3.63, 3.8) is 0 Å². The normalized spacial score (nSPS) is 14.6. The Labute approximate surface area is 91.1 Å². The van der Waals surface area contributed by atoms with E-state index in [9.17, 15) is 14.7 Å². The lowest BCUT2D eigenvalue weighted by molar-refractivity contribution is -0.138. The van der Waals surface area contributed by atoms with Crippen molar-refractivity contribution in [2.75, 3.05) is 0 Å². The predicted octanol–water partition coefficient (Wildman–Crippen LogP) is 0.877. The fourth-order valence-corrected chi connectivity index (χ4v) is 1.20. The second-order valence-corrected chi connectivity index (χ2v) is 5.40. The van der Waals surface area contributed by atoms with Gasteiger partial charge in [-0.05, 0) is 13.8 Å². The van der Waals surface area contributed by atoms with Crippen molar-refractivity contribution in [1.82, 2.24) is 5.32 Å². The molecule has 0 aliphatic heterocycles. The van der Waals surface area contributed by atoms with Crippen LogP contribution in [-0.2, 0) is 9.59 Å². The molecule has 0 aromatic carbocycles. The quantitative estimate of drug-likeness (QED) is 0.734. The average molecular weight is 215 g/mol. The van der Waals surface area contributed by atoms with E-state index >= 15 is 0 Å². The van der Waals surface area contributed by atoms with E-state index in [1.807, 2.05) is 0 Å². The van der Waals surface area contributed by atoms with Gasteiger partial charge in [-0.15, -0.1) is 0 Å². The molecule has 0 rings (SSSR count). The number of nitrogens with one attached hydrogen (secondary N) is 1. The van der Waals surface area contributed by atoms with Crippen molar-refractivity contribution in [3.8, 4) is 0 Å². The van der Waals surface area contributed by atoms with Crippen LogP contribution < -0.4 is 5.32 Å². The molecule has 1 atom stereocenters. The summed E-state index contributed by atoms with van der Waals surface area (Å²) in [6.07, 6.45) is 0. The Morgan fingerprint density at radius 3 is 1.73 bits per heavy atom. The van der Waals surface area contributed by atoms with E-state index in [0.717, 1.165) is 0 Å². The number of amides is 1. The number of hydrogen-bond acceptors (Lipinski definition) is 3. The van der Waals surface area contributed by atoms with Crippen LogP contribution in [0, 0.1) is 5.41 Å². The second-order valence-electron chi connectivity index (χ2n) is 5.40. The minimum absolute atomic E-state index is 0.176. The molecule has 0 saturated carbocycles. The first-order chi connectivity index (χ1) is 6.46. The summed E-state index contributed by atoms with van der Waals surface area (Å²) in [5, 5.41) is 12.3. The molecule has 0 unspecified atom stereocenters. The van der Waals surface area contributed by atoms with E-state index < -0.39 is 17.1 Å². The van der Waals surface area contributed by atoms with Crippen molar-refractivity contribution < 1.29 is 14.7 Å². The zero-order chi connectivity index (χ0) is 12.4. The van der Waals surface area contributed by atoms with Crippen LogP contribution in [0.2, 0.25) is 0 Å². The van der Waals surface area contributed by atoms with E-state index in [4.69, 9.17) is 0 Å². The van der Waals surface area contributed by atoms with E-state index in [2.05, 4.69) is 5.32 Å². The van der Waals surface area contributed by atoms with Gasteiger partial charge in [0.15, 0.2) is 5.78 Å². The zero-order valence-electron chi connectivity index (χ0n) is 10.3. The molecule has 0 aliphatic rings. The molecule has 0 aromatic heterocycles. The summed E-state index contributed by atoms with van der Waals surface area (Å²) in [5.74, 6) is -0.495. The molecule has 0 heterocycles. The topological polar surface area (TPSA) is 66.4 Å². The largest absolute Gasteiger partial charge is 0.388 e. The number of hydrogen-bond donors (Lipinski definition) is 2. The van der Waals surface area contributed by atoms with Gasteiger partial charge in [-0.2, -0.15) is 0 Å². The molecule has 0 saturated heterocycles. The summed E-state index contributed by atoms with van der Waals surface area (Å²) < 4.78 is 0. The Morgan fingerprint density at radius 1 is 1.13 bits per heavy atom. The molecule has 15 heavy (non-hydrogen) atoms. The lowest BCUT2D eigenvalue weighted by Crippen LogP contribution is -2.56. The average Bonchev–Trinajstić information content (AvgIpc) is 1.94. The maximum atomic E-state index is 12.0. The molecule has 0 aromatic rings. The zero-order valence-corrected chi connectivity index (χ0v) is 10.3. The molecule has 2 N–H and O–H groups in total. The van der Waals surface area contributed by atoms with Crippen molar-refractivity contribution in [2.24, 2.45) is 5.41 Å². The van der Waals surface area contributed by atoms with Crippen molar-refractivity contribution in [1.29, 1.82) is 0 Å². The fourth-order valence-electron chi connectivity index (χ4n) is 1.20. The molecule has 1 amide bonds. The van der Waals surface area contributed by atoms with Gasteiger partial charge in [0.2, 0.25) is 5.91 Å². The molecular weight excluding hydrogens is 194 g/mol. The minimum atomic E-state index is -1.25. The van der Waals surface area contributed by atoms with Gasteiger partial charge in [0.05, 0.1) is 5.60 Å². The highest BCUT2D eigenvalue weighted by molar-refractivity contribution is 5.92. The van der Waals surface area contributed by atoms with Gasteiger partial charge in [0.25, 0.3) is 0 Å². The van der Waals surface area contributed by atoms with Crippen molar-refractivity contribution in [3.05, 3.63) is 0 Å². The standard InChI is InChI=1S/C11H21NO3/c1-7(13)12-8(11(5,6)15)9(14)10(2,3)4/h8,15H,1-6H3,(H,12,13)/t8-/m1/s1. The highest BCUT2D eigenvalue weighted by Gasteiger charge is 2.39. The van der Waals surface area contributed by atoms with Gasteiger partial charge >= 0.3 is 0 Å². The Balaban J connectivity index is 4.97. The fraction of sp³-hybridized carbons (Fsp3) is 0.818. The summed E-state index contributed by atoms with van der Waals surface area (Å²) in [6, 6.07) is -0.866. The maximum Gasteiger partial charge on any atom is 0.217 e. The van der Waals surface area contributed by atoms with Crippen molar-refractivity contribution >= 4 is 11.7 Å². The number of Topliss-reactive ketones (excluding diaryl/α,β-unsaturated/α-hetero) is 1. The smallest absolute Gasteiger partial charge is 0.217 e. The Hall–Kier alpha value is -0.900. The van der Waals surface area contributed by atoms with Crippen LogP contribution in [0.1, 0.15) is 41.5 Å². The maximum absolute atomic E-state index is 12.0. The molecule has 4 nitrogen and oxygen atoms in total. The van der Waals surface area contributed by atoms with Crippen LogP contribution >= 0.6 is 0 Å². The highest BCUT2D eigenvalue weighted by Crippen LogP contribution is 2.22. The molecular formula is C11H21NO3. The first-order valence-electron chi connectivity index (χ1n) is 5.00. The van der Waals surface area contributed by atoms with Gasteiger partial charge < -0.3 is 10.4 Å².